The van der Waals surface area contributed by atoms with E-state index in [2.05, 4.69) is 15.5 Å². The summed E-state index contributed by atoms with van der Waals surface area (Å²) in [6.07, 6.45) is 1.60. The van der Waals surface area contributed by atoms with Crippen molar-refractivity contribution in [2.24, 2.45) is 0 Å². The molecule has 10 heteroatoms. The van der Waals surface area contributed by atoms with Gasteiger partial charge in [0.25, 0.3) is 0 Å². The molecular formula is C18H19N5O3S2. The molecule has 1 aromatic heterocycles. The summed E-state index contributed by atoms with van der Waals surface area (Å²) < 4.78 is 27.1. The predicted molar refractivity (Wildman–Crippen MR) is 108 cm³/mol. The molecule has 3 aromatic rings. The molecule has 0 aliphatic carbocycles. The Bertz CT molecular complexity index is 1050. The van der Waals surface area contributed by atoms with Gasteiger partial charge in [-0.25, -0.2) is 12.7 Å². The van der Waals surface area contributed by atoms with Crippen molar-refractivity contribution in [3.63, 3.8) is 0 Å². The number of nitrogens with one attached hydrogen (secondary N) is 1. The SMILES string of the molecule is CN(C)S(=O)(=O)c1ccc(NC(=O)CSc2nncn2-c2ccccc2)cc1. The van der Waals surface area contributed by atoms with E-state index >= 15 is 0 Å². The molecule has 0 spiro atoms. The van der Waals surface area contributed by atoms with Gasteiger partial charge in [0, 0.05) is 25.5 Å². The van der Waals surface area contributed by atoms with Crippen molar-refractivity contribution < 1.29 is 13.2 Å². The molecule has 0 saturated carbocycles. The van der Waals surface area contributed by atoms with Gasteiger partial charge in [-0.1, -0.05) is 30.0 Å². The normalized spacial score (nSPS) is 11.5. The molecule has 0 radical (unpaired) electrons. The average Bonchev–Trinajstić information content (AvgIpc) is 3.16. The summed E-state index contributed by atoms with van der Waals surface area (Å²) >= 11 is 1.26. The minimum atomic E-state index is -3.49. The molecule has 0 fully saturated rings. The minimum absolute atomic E-state index is 0.142. The lowest BCUT2D eigenvalue weighted by molar-refractivity contribution is -0.113. The van der Waals surface area contributed by atoms with Gasteiger partial charge >= 0.3 is 0 Å². The van der Waals surface area contributed by atoms with E-state index in [1.165, 1.54) is 38.0 Å². The molecule has 0 unspecified atom stereocenters. The highest BCUT2D eigenvalue weighted by atomic mass is 32.2. The van der Waals surface area contributed by atoms with Gasteiger partial charge in [-0.15, -0.1) is 10.2 Å². The fourth-order valence-electron chi connectivity index (χ4n) is 2.34. The summed E-state index contributed by atoms with van der Waals surface area (Å²) in [5, 5.41) is 11.3. The number of aromatic nitrogens is 3. The van der Waals surface area contributed by atoms with Crippen molar-refractivity contribution >= 4 is 33.4 Å². The van der Waals surface area contributed by atoms with E-state index in [4.69, 9.17) is 0 Å². The minimum Gasteiger partial charge on any atom is -0.325 e. The van der Waals surface area contributed by atoms with Gasteiger partial charge in [0.2, 0.25) is 15.9 Å². The van der Waals surface area contributed by atoms with Gasteiger partial charge in [0.05, 0.1) is 10.6 Å². The van der Waals surface area contributed by atoms with Crippen LogP contribution in [0, 0.1) is 0 Å². The number of anilines is 1. The summed E-state index contributed by atoms with van der Waals surface area (Å²) in [6, 6.07) is 15.6. The lowest BCUT2D eigenvalue weighted by Crippen LogP contribution is -2.22. The Morgan fingerprint density at radius 1 is 1.11 bits per heavy atom. The van der Waals surface area contributed by atoms with Crippen molar-refractivity contribution in [3.8, 4) is 5.69 Å². The molecule has 0 saturated heterocycles. The maximum absolute atomic E-state index is 12.2. The van der Waals surface area contributed by atoms with Crippen LogP contribution in [0.3, 0.4) is 0 Å². The van der Waals surface area contributed by atoms with Crippen molar-refractivity contribution in [2.45, 2.75) is 10.1 Å². The van der Waals surface area contributed by atoms with Gasteiger partial charge < -0.3 is 5.32 Å². The lowest BCUT2D eigenvalue weighted by Gasteiger charge is -2.12. The number of benzene rings is 2. The van der Waals surface area contributed by atoms with E-state index in [9.17, 15) is 13.2 Å². The molecule has 0 bridgehead atoms. The third-order valence-electron chi connectivity index (χ3n) is 3.80. The highest BCUT2D eigenvalue weighted by Crippen LogP contribution is 2.20. The largest absolute Gasteiger partial charge is 0.325 e. The third-order valence-corrected chi connectivity index (χ3v) is 6.57. The highest BCUT2D eigenvalue weighted by molar-refractivity contribution is 7.99. The van der Waals surface area contributed by atoms with E-state index in [0.717, 1.165) is 9.99 Å². The van der Waals surface area contributed by atoms with Gasteiger partial charge in [0.1, 0.15) is 6.33 Å². The molecule has 28 heavy (non-hydrogen) atoms. The van der Waals surface area contributed by atoms with Crippen LogP contribution < -0.4 is 5.32 Å². The molecule has 2 aromatic carbocycles. The molecule has 0 aliphatic heterocycles. The van der Waals surface area contributed by atoms with Crippen LogP contribution in [0.4, 0.5) is 5.69 Å². The van der Waals surface area contributed by atoms with Crippen LogP contribution in [-0.4, -0.2) is 53.2 Å². The first-order valence-corrected chi connectivity index (χ1v) is 10.7. The molecular weight excluding hydrogens is 398 g/mol. The Morgan fingerprint density at radius 3 is 2.43 bits per heavy atom. The van der Waals surface area contributed by atoms with Crippen LogP contribution in [0.2, 0.25) is 0 Å². The van der Waals surface area contributed by atoms with Gasteiger partial charge in [-0.3, -0.25) is 9.36 Å². The van der Waals surface area contributed by atoms with Crippen LogP contribution >= 0.6 is 11.8 Å². The number of hydrogen-bond donors (Lipinski definition) is 1. The van der Waals surface area contributed by atoms with Crippen LogP contribution in [-0.2, 0) is 14.8 Å². The Hall–Kier alpha value is -2.69. The Labute approximate surface area is 167 Å². The zero-order chi connectivity index (χ0) is 20.1. The number of amides is 1. The molecule has 1 heterocycles. The molecule has 146 valence electrons. The van der Waals surface area contributed by atoms with Gasteiger partial charge in [0.15, 0.2) is 5.16 Å². The van der Waals surface area contributed by atoms with Crippen molar-refractivity contribution in [1.82, 2.24) is 19.1 Å². The first kappa shape index (κ1) is 20.1. The zero-order valence-electron chi connectivity index (χ0n) is 15.3. The second-order valence-corrected chi connectivity index (χ2v) is 9.06. The zero-order valence-corrected chi connectivity index (χ0v) is 16.9. The summed E-state index contributed by atoms with van der Waals surface area (Å²) in [4.78, 5) is 12.4. The first-order chi connectivity index (χ1) is 13.4. The first-order valence-electron chi connectivity index (χ1n) is 8.28. The van der Waals surface area contributed by atoms with E-state index in [1.54, 1.807) is 23.0 Å². The van der Waals surface area contributed by atoms with Crippen LogP contribution in [0.5, 0.6) is 0 Å². The molecule has 1 N–H and O–H groups in total. The third kappa shape index (κ3) is 4.58. The standard InChI is InChI=1S/C18H19N5O3S2/c1-22(2)28(25,26)16-10-8-14(9-11-16)20-17(24)12-27-18-21-19-13-23(18)15-6-4-3-5-7-15/h3-11,13H,12H2,1-2H3,(H,20,24). The molecule has 1 amide bonds. The van der Waals surface area contributed by atoms with Crippen LogP contribution in [0.1, 0.15) is 0 Å². The summed E-state index contributed by atoms with van der Waals surface area (Å²) in [5.41, 5.74) is 1.43. The predicted octanol–water partition coefficient (Wildman–Crippen LogP) is 2.25. The number of hydrogen-bond acceptors (Lipinski definition) is 6. The van der Waals surface area contributed by atoms with Gasteiger partial charge in [-0.2, -0.15) is 0 Å². The second-order valence-electron chi connectivity index (χ2n) is 5.97. The average molecular weight is 418 g/mol. The number of thioether (sulfide) groups is 1. The maximum Gasteiger partial charge on any atom is 0.242 e. The Kier molecular flexibility index (Phi) is 6.12. The quantitative estimate of drug-likeness (QED) is 0.592. The molecule has 8 nitrogen and oxygen atoms in total. The van der Waals surface area contributed by atoms with Gasteiger partial charge in [-0.05, 0) is 36.4 Å². The molecule has 3 rings (SSSR count). The number of sulfonamides is 1. The van der Waals surface area contributed by atoms with Crippen molar-refractivity contribution in [3.05, 3.63) is 60.9 Å². The smallest absolute Gasteiger partial charge is 0.242 e. The number of para-hydroxylation sites is 1. The molecule has 0 aliphatic rings. The maximum atomic E-state index is 12.2. The topological polar surface area (TPSA) is 97.2 Å². The monoisotopic (exact) mass is 417 g/mol. The van der Waals surface area contributed by atoms with E-state index in [-0.39, 0.29) is 16.6 Å². The van der Waals surface area contributed by atoms with E-state index in [0.29, 0.717) is 10.8 Å². The summed E-state index contributed by atoms with van der Waals surface area (Å²) in [5.74, 6) is -0.0839. The number of nitrogens with zero attached hydrogens (tertiary/aromatic N) is 4. The fourth-order valence-corrected chi connectivity index (χ4v) is 3.97. The number of rotatable bonds is 7. The second kappa shape index (κ2) is 8.55. The fraction of sp³-hybridized carbons (Fsp3) is 0.167. The highest BCUT2D eigenvalue weighted by Gasteiger charge is 2.17. The molecule has 0 atom stereocenters. The van der Waals surface area contributed by atoms with Crippen molar-refractivity contribution in [1.29, 1.82) is 0 Å². The van der Waals surface area contributed by atoms with Crippen LogP contribution in [0.15, 0.2) is 71.0 Å². The Morgan fingerprint density at radius 2 is 1.79 bits per heavy atom. The number of carbonyl (C=O) groups is 1. The Balaban J connectivity index is 1.61. The van der Waals surface area contributed by atoms with E-state index in [1.807, 2.05) is 30.3 Å². The summed E-state index contributed by atoms with van der Waals surface area (Å²) in [7, 11) is -0.557. The number of carbonyl (C=O) groups excluding carboxylic acids is 1. The van der Waals surface area contributed by atoms with Crippen molar-refractivity contribution in [2.75, 3.05) is 25.2 Å². The van der Waals surface area contributed by atoms with Crippen LogP contribution in [0.25, 0.3) is 5.69 Å². The van der Waals surface area contributed by atoms with E-state index < -0.39 is 10.0 Å². The summed E-state index contributed by atoms with van der Waals surface area (Å²) in [6.45, 7) is 0. The lowest BCUT2D eigenvalue weighted by atomic mass is 10.3.